The molecule has 98 valence electrons. The lowest BCUT2D eigenvalue weighted by atomic mass is 9.99. The van der Waals surface area contributed by atoms with E-state index in [1.54, 1.807) is 16.7 Å². The molecule has 1 aliphatic heterocycles. The zero-order valence-corrected chi connectivity index (χ0v) is 11.8. The molecule has 0 bridgehead atoms. The van der Waals surface area contributed by atoms with Gasteiger partial charge in [0.05, 0.1) is 0 Å². The number of ether oxygens (including phenoxy) is 1. The maximum absolute atomic E-state index is 11.9. The van der Waals surface area contributed by atoms with E-state index in [-0.39, 0.29) is 17.8 Å². The summed E-state index contributed by atoms with van der Waals surface area (Å²) in [5, 5.41) is 0. The van der Waals surface area contributed by atoms with Crippen LogP contribution in [0.4, 0.5) is 4.79 Å². The number of hydrogen-bond acceptors (Lipinski definition) is 4. The summed E-state index contributed by atoms with van der Waals surface area (Å²) in [6.45, 7) is 6.52. The minimum Gasteiger partial charge on any atom is -0.444 e. The number of nitrogens with zero attached hydrogens (tertiary/aromatic N) is 1. The zero-order valence-electron chi connectivity index (χ0n) is 11.0. The molecule has 0 radical (unpaired) electrons. The molecule has 0 N–H and O–H groups in total. The molecule has 0 aromatic heterocycles. The first kappa shape index (κ1) is 14.4. The molecule has 0 aliphatic carbocycles. The van der Waals surface area contributed by atoms with Crippen LogP contribution >= 0.6 is 11.8 Å². The van der Waals surface area contributed by atoms with E-state index in [0.29, 0.717) is 19.5 Å². The van der Waals surface area contributed by atoms with Gasteiger partial charge in [0.1, 0.15) is 11.4 Å². The van der Waals surface area contributed by atoms with Gasteiger partial charge < -0.3 is 9.64 Å². The largest absolute Gasteiger partial charge is 0.444 e. The molecule has 17 heavy (non-hydrogen) atoms. The van der Waals surface area contributed by atoms with Crippen LogP contribution in [0.3, 0.4) is 0 Å². The first-order chi connectivity index (χ1) is 7.83. The summed E-state index contributed by atoms with van der Waals surface area (Å²) in [6.07, 6.45) is 2.11. The van der Waals surface area contributed by atoms with Crippen LogP contribution in [0.15, 0.2) is 0 Å². The van der Waals surface area contributed by atoms with Gasteiger partial charge in [0.25, 0.3) is 0 Å². The Kier molecular flexibility index (Phi) is 4.86. The van der Waals surface area contributed by atoms with Crippen LogP contribution in [0.25, 0.3) is 0 Å². The average Bonchev–Trinajstić information content (AvgIpc) is 2.19. The van der Waals surface area contributed by atoms with Crippen LogP contribution in [0.1, 0.15) is 27.2 Å². The Bertz CT molecular complexity index is 299. The molecule has 1 atom stereocenters. The summed E-state index contributed by atoms with van der Waals surface area (Å²) in [5.74, 6) is 1.00. The highest BCUT2D eigenvalue weighted by molar-refractivity contribution is 7.98. The van der Waals surface area contributed by atoms with Crippen LogP contribution in [0, 0.1) is 5.92 Å². The Morgan fingerprint density at radius 2 is 2.18 bits per heavy atom. The number of piperidine rings is 1. The van der Waals surface area contributed by atoms with E-state index >= 15 is 0 Å². The summed E-state index contributed by atoms with van der Waals surface area (Å²) in [5.41, 5.74) is -0.479. The highest BCUT2D eigenvalue weighted by atomic mass is 32.2. The van der Waals surface area contributed by atoms with E-state index in [2.05, 4.69) is 0 Å². The van der Waals surface area contributed by atoms with Crippen molar-refractivity contribution in [3.05, 3.63) is 0 Å². The number of Topliss-reactive ketones (excluding diaryl/α,β-unsaturated/α-hetero) is 1. The highest BCUT2D eigenvalue weighted by Gasteiger charge is 2.31. The van der Waals surface area contributed by atoms with Crippen molar-refractivity contribution in [2.75, 3.05) is 25.1 Å². The standard InChI is InChI=1S/C12H21NO3S/c1-12(2,3)16-11(15)13-6-5-10(14)9(7-13)8-17-4/h9H,5-8H2,1-4H3. The molecular weight excluding hydrogens is 238 g/mol. The molecule has 1 rings (SSSR count). The van der Waals surface area contributed by atoms with Crippen LogP contribution in [0.5, 0.6) is 0 Å². The van der Waals surface area contributed by atoms with Gasteiger partial charge in [-0.2, -0.15) is 11.8 Å². The number of amides is 1. The van der Waals surface area contributed by atoms with Gasteiger partial charge in [0, 0.05) is 31.2 Å². The maximum Gasteiger partial charge on any atom is 0.410 e. The van der Waals surface area contributed by atoms with Crippen LogP contribution in [-0.2, 0) is 9.53 Å². The van der Waals surface area contributed by atoms with E-state index in [9.17, 15) is 9.59 Å². The highest BCUT2D eigenvalue weighted by Crippen LogP contribution is 2.19. The van der Waals surface area contributed by atoms with E-state index in [1.165, 1.54) is 0 Å². The predicted octanol–water partition coefficient (Wildman–Crippen LogP) is 2.18. The van der Waals surface area contributed by atoms with E-state index in [1.807, 2.05) is 27.0 Å². The van der Waals surface area contributed by atoms with Crippen molar-refractivity contribution in [1.29, 1.82) is 0 Å². The molecular formula is C12H21NO3S. The van der Waals surface area contributed by atoms with Crippen LogP contribution < -0.4 is 0 Å². The minimum absolute atomic E-state index is 0.0359. The molecule has 0 aromatic carbocycles. The second kappa shape index (κ2) is 5.76. The predicted molar refractivity (Wildman–Crippen MR) is 69.3 cm³/mol. The Balaban J connectivity index is 2.55. The second-order valence-electron chi connectivity index (χ2n) is 5.29. The van der Waals surface area contributed by atoms with E-state index < -0.39 is 5.60 Å². The molecule has 1 aliphatic rings. The lowest BCUT2D eigenvalue weighted by molar-refractivity contribution is -0.125. The van der Waals surface area contributed by atoms with Gasteiger partial charge in [-0.25, -0.2) is 4.79 Å². The summed E-state index contributed by atoms with van der Waals surface area (Å²) in [6, 6.07) is 0. The monoisotopic (exact) mass is 259 g/mol. The normalized spacial score (nSPS) is 21.5. The van der Waals surface area contributed by atoms with Gasteiger partial charge in [-0.15, -0.1) is 0 Å². The maximum atomic E-state index is 11.9. The van der Waals surface area contributed by atoms with Gasteiger partial charge in [0.15, 0.2) is 0 Å². The molecule has 1 heterocycles. The second-order valence-corrected chi connectivity index (χ2v) is 6.21. The number of hydrogen-bond donors (Lipinski definition) is 0. The number of rotatable bonds is 2. The zero-order chi connectivity index (χ0) is 13.1. The lowest BCUT2D eigenvalue weighted by Gasteiger charge is -2.33. The summed E-state index contributed by atoms with van der Waals surface area (Å²) in [7, 11) is 0. The number of carbonyl (C=O) groups excluding carboxylic acids is 2. The summed E-state index contributed by atoms with van der Waals surface area (Å²) >= 11 is 1.64. The van der Waals surface area contributed by atoms with Crippen molar-refractivity contribution in [1.82, 2.24) is 4.90 Å². The third-order valence-corrected chi connectivity index (χ3v) is 3.28. The smallest absolute Gasteiger partial charge is 0.410 e. The third-order valence-electron chi connectivity index (χ3n) is 2.54. The van der Waals surface area contributed by atoms with Crippen molar-refractivity contribution < 1.29 is 14.3 Å². The van der Waals surface area contributed by atoms with Crippen molar-refractivity contribution in [2.45, 2.75) is 32.8 Å². The fourth-order valence-corrected chi connectivity index (χ4v) is 2.44. The van der Waals surface area contributed by atoms with E-state index in [4.69, 9.17) is 4.74 Å². The van der Waals surface area contributed by atoms with Crippen LogP contribution in [-0.4, -0.2) is 47.5 Å². The van der Waals surface area contributed by atoms with Crippen molar-refractivity contribution in [2.24, 2.45) is 5.92 Å². The number of ketones is 1. The fraction of sp³-hybridized carbons (Fsp3) is 0.833. The molecule has 4 nitrogen and oxygen atoms in total. The van der Waals surface area contributed by atoms with Crippen molar-refractivity contribution in [3.8, 4) is 0 Å². The molecule has 5 heteroatoms. The molecule has 1 saturated heterocycles. The first-order valence-corrected chi connectivity index (χ1v) is 7.22. The summed E-state index contributed by atoms with van der Waals surface area (Å²) in [4.78, 5) is 25.1. The quantitative estimate of drug-likeness (QED) is 0.762. The first-order valence-electron chi connectivity index (χ1n) is 5.83. The van der Waals surface area contributed by atoms with Gasteiger partial charge in [-0.1, -0.05) is 0 Å². The average molecular weight is 259 g/mol. The Labute approximate surface area is 107 Å². The lowest BCUT2D eigenvalue weighted by Crippen LogP contribution is -2.46. The van der Waals surface area contributed by atoms with Gasteiger partial charge in [-0.3, -0.25) is 4.79 Å². The molecule has 1 amide bonds. The third kappa shape index (κ3) is 4.58. The molecule has 0 spiro atoms. The van der Waals surface area contributed by atoms with Gasteiger partial charge in [-0.05, 0) is 27.0 Å². The summed E-state index contributed by atoms with van der Waals surface area (Å²) < 4.78 is 5.31. The topological polar surface area (TPSA) is 46.6 Å². The molecule has 0 saturated carbocycles. The minimum atomic E-state index is -0.479. The van der Waals surface area contributed by atoms with E-state index in [0.717, 1.165) is 5.75 Å². The van der Waals surface area contributed by atoms with Crippen molar-refractivity contribution >= 4 is 23.6 Å². The number of thioether (sulfide) groups is 1. The number of likely N-dealkylation sites (tertiary alicyclic amines) is 1. The molecule has 1 unspecified atom stereocenters. The fourth-order valence-electron chi connectivity index (χ4n) is 1.75. The number of carbonyl (C=O) groups is 2. The van der Waals surface area contributed by atoms with Crippen LogP contribution in [0.2, 0.25) is 0 Å². The Hall–Kier alpha value is -0.710. The van der Waals surface area contributed by atoms with Gasteiger partial charge in [0.2, 0.25) is 0 Å². The van der Waals surface area contributed by atoms with Crippen molar-refractivity contribution in [3.63, 3.8) is 0 Å². The SMILES string of the molecule is CSCC1CN(C(=O)OC(C)(C)C)CCC1=O. The molecule has 1 fully saturated rings. The van der Waals surface area contributed by atoms with Gasteiger partial charge >= 0.3 is 6.09 Å². The molecule has 0 aromatic rings. The Morgan fingerprint density at radius 1 is 1.53 bits per heavy atom. The Morgan fingerprint density at radius 3 is 2.71 bits per heavy atom.